The molecule has 0 N–H and O–H groups in total. The molecule has 3 rings (SSSR count). The van der Waals surface area contributed by atoms with Gasteiger partial charge in [-0.25, -0.2) is 0 Å². The first-order chi connectivity index (χ1) is 7.93. The molecule has 0 aromatic heterocycles. The van der Waals surface area contributed by atoms with Gasteiger partial charge in [0.15, 0.2) is 0 Å². The summed E-state index contributed by atoms with van der Waals surface area (Å²) < 4.78 is 0. The van der Waals surface area contributed by atoms with Crippen molar-refractivity contribution in [3.63, 3.8) is 0 Å². The maximum atomic E-state index is 3.61. The fraction of sp³-hybridized carbons (Fsp3) is 0.188. The molecular weight excluding hydrogens is 192 g/mol. The summed E-state index contributed by atoms with van der Waals surface area (Å²) in [7, 11) is 0. The van der Waals surface area contributed by atoms with Gasteiger partial charge in [0.1, 0.15) is 0 Å². The van der Waals surface area contributed by atoms with Crippen molar-refractivity contribution in [1.82, 2.24) is 0 Å². The van der Waals surface area contributed by atoms with Crippen molar-refractivity contribution in [1.29, 1.82) is 0 Å². The van der Waals surface area contributed by atoms with Gasteiger partial charge >= 0.3 is 0 Å². The van der Waals surface area contributed by atoms with E-state index in [9.17, 15) is 0 Å². The molecule has 0 saturated heterocycles. The largest absolute Gasteiger partial charge is 0.0622 e. The van der Waals surface area contributed by atoms with Crippen molar-refractivity contribution in [2.45, 2.75) is 18.8 Å². The Morgan fingerprint density at radius 1 is 0.875 bits per heavy atom. The van der Waals surface area contributed by atoms with Crippen molar-refractivity contribution >= 4 is 0 Å². The van der Waals surface area contributed by atoms with E-state index in [-0.39, 0.29) is 0 Å². The molecule has 0 aliphatic heterocycles. The number of fused-ring (bicyclic) bond motifs is 1. The molecule has 1 aliphatic rings. The van der Waals surface area contributed by atoms with Gasteiger partial charge in [-0.3, -0.25) is 0 Å². The Morgan fingerprint density at radius 2 is 1.62 bits per heavy atom. The summed E-state index contributed by atoms with van der Waals surface area (Å²) in [6.07, 6.45) is 5.96. The average Bonchev–Trinajstić information content (AvgIpc) is 2.39. The molecule has 2 radical (unpaired) electrons. The second-order valence-electron chi connectivity index (χ2n) is 4.30. The first kappa shape index (κ1) is 9.65. The topological polar surface area (TPSA) is 0 Å². The second-order valence-corrected chi connectivity index (χ2v) is 4.30. The Hall–Kier alpha value is -1.56. The van der Waals surface area contributed by atoms with Crippen molar-refractivity contribution in [2.75, 3.05) is 0 Å². The van der Waals surface area contributed by atoms with Crippen molar-refractivity contribution < 1.29 is 0 Å². The second kappa shape index (κ2) is 4.13. The molecule has 0 heteroatoms. The van der Waals surface area contributed by atoms with Gasteiger partial charge in [-0.2, -0.15) is 0 Å². The van der Waals surface area contributed by atoms with Gasteiger partial charge < -0.3 is 0 Å². The minimum absolute atomic E-state index is 0.469. The predicted molar refractivity (Wildman–Crippen MR) is 66.3 cm³/mol. The Morgan fingerprint density at radius 3 is 2.50 bits per heavy atom. The van der Waals surface area contributed by atoms with E-state index in [2.05, 4.69) is 61.0 Å². The fourth-order valence-corrected chi connectivity index (χ4v) is 2.37. The molecule has 78 valence electrons. The molecule has 1 aliphatic carbocycles. The van der Waals surface area contributed by atoms with Gasteiger partial charge in [0, 0.05) is 6.42 Å². The van der Waals surface area contributed by atoms with Crippen LogP contribution in [-0.2, 0) is 6.42 Å². The molecular formula is C16H14. The van der Waals surface area contributed by atoms with E-state index in [0.717, 1.165) is 0 Å². The molecule has 0 bridgehead atoms. The van der Waals surface area contributed by atoms with Gasteiger partial charge in [-0.05, 0) is 35.4 Å². The maximum Gasteiger partial charge on any atom is 0.0248 e. The van der Waals surface area contributed by atoms with E-state index in [1.54, 1.807) is 0 Å². The predicted octanol–water partition coefficient (Wildman–Crippen LogP) is 3.85. The van der Waals surface area contributed by atoms with Crippen molar-refractivity contribution in [3.8, 4) is 0 Å². The lowest BCUT2D eigenvalue weighted by Crippen LogP contribution is -2.10. The number of hydrogen-bond acceptors (Lipinski definition) is 0. The van der Waals surface area contributed by atoms with Gasteiger partial charge in [0.25, 0.3) is 0 Å². The van der Waals surface area contributed by atoms with E-state index in [1.165, 1.54) is 29.5 Å². The van der Waals surface area contributed by atoms with E-state index in [0.29, 0.717) is 5.92 Å². The summed E-state index contributed by atoms with van der Waals surface area (Å²) in [5.41, 5.74) is 4.12. The monoisotopic (exact) mass is 206 g/mol. The molecule has 0 spiro atoms. The van der Waals surface area contributed by atoms with Crippen LogP contribution in [0, 0.1) is 6.42 Å². The van der Waals surface area contributed by atoms with Crippen LogP contribution in [0.15, 0.2) is 54.6 Å². The molecule has 0 nitrogen and oxygen atoms in total. The average molecular weight is 206 g/mol. The summed E-state index contributed by atoms with van der Waals surface area (Å²) in [5.74, 6) is 0.469. The molecule has 0 heterocycles. The summed E-state index contributed by atoms with van der Waals surface area (Å²) in [5, 5.41) is 0. The SMILES string of the molecule is [C]1c2ccccc2CCC1c1ccccc1. The minimum Gasteiger partial charge on any atom is -0.0622 e. The zero-order valence-electron chi connectivity index (χ0n) is 9.19. The Labute approximate surface area is 96.9 Å². The maximum absolute atomic E-state index is 3.61. The molecule has 1 unspecified atom stereocenters. The van der Waals surface area contributed by atoms with Gasteiger partial charge in [0.2, 0.25) is 0 Å². The summed E-state index contributed by atoms with van der Waals surface area (Å²) in [4.78, 5) is 0. The van der Waals surface area contributed by atoms with Gasteiger partial charge in [-0.1, -0.05) is 54.6 Å². The number of hydrogen-bond donors (Lipinski definition) is 0. The summed E-state index contributed by atoms with van der Waals surface area (Å²) in [6.45, 7) is 0. The van der Waals surface area contributed by atoms with Crippen LogP contribution >= 0.6 is 0 Å². The minimum atomic E-state index is 0.469. The Kier molecular flexibility index (Phi) is 2.49. The molecule has 2 aromatic carbocycles. The molecule has 16 heavy (non-hydrogen) atoms. The van der Waals surface area contributed by atoms with E-state index in [1.807, 2.05) is 0 Å². The normalized spacial score (nSPS) is 19.1. The highest BCUT2D eigenvalue weighted by atomic mass is 14.2. The smallest absolute Gasteiger partial charge is 0.0248 e. The highest BCUT2D eigenvalue weighted by Crippen LogP contribution is 2.33. The quantitative estimate of drug-likeness (QED) is 0.665. The third kappa shape index (κ3) is 1.76. The molecule has 2 aromatic rings. The van der Waals surface area contributed by atoms with E-state index in [4.69, 9.17) is 0 Å². The Balaban J connectivity index is 1.89. The standard InChI is InChI=1S/C16H14/c1-2-6-13(7-3-1)16-11-10-14-8-4-5-9-15(14)12-16/h1-9,16H,10-11H2. The van der Waals surface area contributed by atoms with Gasteiger partial charge in [-0.15, -0.1) is 0 Å². The summed E-state index contributed by atoms with van der Waals surface area (Å²) in [6, 6.07) is 19.3. The lowest BCUT2D eigenvalue weighted by molar-refractivity contribution is 0.674. The van der Waals surface area contributed by atoms with Crippen molar-refractivity contribution in [3.05, 3.63) is 77.7 Å². The van der Waals surface area contributed by atoms with E-state index >= 15 is 0 Å². The number of rotatable bonds is 1. The number of aryl methyl sites for hydroxylation is 1. The van der Waals surface area contributed by atoms with Crippen LogP contribution in [0.3, 0.4) is 0 Å². The third-order valence-electron chi connectivity index (χ3n) is 3.25. The van der Waals surface area contributed by atoms with Crippen molar-refractivity contribution in [2.24, 2.45) is 0 Å². The fourth-order valence-electron chi connectivity index (χ4n) is 2.37. The van der Waals surface area contributed by atoms with Crippen LogP contribution in [0.5, 0.6) is 0 Å². The summed E-state index contributed by atoms with van der Waals surface area (Å²) >= 11 is 0. The lowest BCUT2D eigenvalue weighted by Gasteiger charge is -2.23. The molecule has 0 fully saturated rings. The van der Waals surface area contributed by atoms with E-state index < -0.39 is 0 Å². The van der Waals surface area contributed by atoms with Crippen LogP contribution in [0.25, 0.3) is 0 Å². The molecule has 1 atom stereocenters. The highest BCUT2D eigenvalue weighted by Gasteiger charge is 2.19. The van der Waals surface area contributed by atoms with Crippen LogP contribution in [0.1, 0.15) is 29.0 Å². The van der Waals surface area contributed by atoms with Gasteiger partial charge in [0.05, 0.1) is 0 Å². The van der Waals surface area contributed by atoms with Crippen LogP contribution < -0.4 is 0 Å². The highest BCUT2D eigenvalue weighted by molar-refractivity contribution is 5.40. The Bertz CT molecular complexity index is 470. The first-order valence-corrected chi connectivity index (χ1v) is 5.83. The lowest BCUT2D eigenvalue weighted by atomic mass is 9.80. The number of benzene rings is 2. The van der Waals surface area contributed by atoms with Crippen LogP contribution in [0.4, 0.5) is 0 Å². The zero-order valence-corrected chi connectivity index (χ0v) is 9.19. The van der Waals surface area contributed by atoms with Crippen LogP contribution in [-0.4, -0.2) is 0 Å². The zero-order chi connectivity index (χ0) is 10.8. The molecule has 0 saturated carbocycles. The van der Waals surface area contributed by atoms with Crippen LogP contribution in [0.2, 0.25) is 0 Å². The third-order valence-corrected chi connectivity index (χ3v) is 3.25. The molecule has 0 amide bonds. The first-order valence-electron chi connectivity index (χ1n) is 5.83.